The van der Waals surface area contributed by atoms with Gasteiger partial charge in [0.25, 0.3) is 0 Å². The van der Waals surface area contributed by atoms with E-state index in [1.54, 1.807) is 0 Å². The predicted molar refractivity (Wildman–Crippen MR) is 73.3 cm³/mol. The molecule has 1 aliphatic rings. The van der Waals surface area contributed by atoms with Crippen molar-refractivity contribution >= 4 is 0 Å². The van der Waals surface area contributed by atoms with E-state index in [0.717, 1.165) is 38.1 Å². The number of likely N-dealkylation sites (N-methyl/N-ethyl adjacent to an activating group) is 1. The summed E-state index contributed by atoms with van der Waals surface area (Å²) in [4.78, 5) is 2.45. The molecule has 3 nitrogen and oxygen atoms in total. The average molecular weight is 242 g/mol. The average Bonchev–Trinajstić information content (AvgIpc) is 2.30. The quantitative estimate of drug-likeness (QED) is 0.739. The summed E-state index contributed by atoms with van der Waals surface area (Å²) in [6.45, 7) is 12.2. The summed E-state index contributed by atoms with van der Waals surface area (Å²) >= 11 is 0. The van der Waals surface area contributed by atoms with Crippen molar-refractivity contribution in [3.05, 3.63) is 0 Å². The smallest absolute Gasteiger partial charge is 0.0469 e. The van der Waals surface area contributed by atoms with Gasteiger partial charge in [0.15, 0.2) is 0 Å². The summed E-state index contributed by atoms with van der Waals surface area (Å²) < 4.78 is 5.39. The number of rotatable bonds is 7. The van der Waals surface area contributed by atoms with E-state index in [2.05, 4.69) is 38.0 Å². The lowest BCUT2D eigenvalue weighted by Crippen LogP contribution is -2.38. The molecule has 17 heavy (non-hydrogen) atoms. The van der Waals surface area contributed by atoms with Crippen molar-refractivity contribution in [3.63, 3.8) is 0 Å². The van der Waals surface area contributed by atoms with Crippen molar-refractivity contribution in [1.82, 2.24) is 10.2 Å². The van der Waals surface area contributed by atoms with Crippen LogP contribution >= 0.6 is 0 Å². The summed E-state index contributed by atoms with van der Waals surface area (Å²) in [5.41, 5.74) is 0. The van der Waals surface area contributed by atoms with Crippen LogP contribution in [0.4, 0.5) is 0 Å². The SMILES string of the molecule is CC(C)C(C)NCCN(C)CC1CCOCC1. The molecule has 1 rings (SSSR count). The Hall–Kier alpha value is -0.120. The maximum absolute atomic E-state index is 5.39. The summed E-state index contributed by atoms with van der Waals surface area (Å²) in [6, 6.07) is 0.617. The van der Waals surface area contributed by atoms with Gasteiger partial charge in [-0.15, -0.1) is 0 Å². The fourth-order valence-electron chi connectivity index (χ4n) is 2.18. The molecule has 0 aromatic rings. The van der Waals surface area contributed by atoms with Crippen LogP contribution in [-0.4, -0.2) is 50.8 Å². The van der Waals surface area contributed by atoms with Crippen LogP contribution in [0.3, 0.4) is 0 Å². The molecule has 102 valence electrons. The largest absolute Gasteiger partial charge is 0.381 e. The van der Waals surface area contributed by atoms with Crippen LogP contribution < -0.4 is 5.32 Å². The predicted octanol–water partition coefficient (Wildman–Crippen LogP) is 1.98. The maximum Gasteiger partial charge on any atom is 0.0469 e. The van der Waals surface area contributed by atoms with Crippen molar-refractivity contribution < 1.29 is 4.74 Å². The van der Waals surface area contributed by atoms with E-state index in [4.69, 9.17) is 4.74 Å². The topological polar surface area (TPSA) is 24.5 Å². The zero-order valence-electron chi connectivity index (χ0n) is 12.0. The van der Waals surface area contributed by atoms with E-state index in [0.29, 0.717) is 6.04 Å². The van der Waals surface area contributed by atoms with Crippen LogP contribution in [0, 0.1) is 11.8 Å². The lowest BCUT2D eigenvalue weighted by Gasteiger charge is -2.27. The third-order valence-corrected chi connectivity index (χ3v) is 3.87. The molecule has 0 saturated carbocycles. The third-order valence-electron chi connectivity index (χ3n) is 3.87. The highest BCUT2D eigenvalue weighted by Gasteiger charge is 2.15. The Balaban J connectivity index is 2.06. The molecule has 3 heteroatoms. The van der Waals surface area contributed by atoms with E-state index in [1.807, 2.05) is 0 Å². The van der Waals surface area contributed by atoms with Gasteiger partial charge in [0, 0.05) is 38.9 Å². The minimum absolute atomic E-state index is 0.617. The van der Waals surface area contributed by atoms with Gasteiger partial charge in [0.1, 0.15) is 0 Å². The molecular formula is C14H30N2O. The Bertz CT molecular complexity index is 191. The van der Waals surface area contributed by atoms with Gasteiger partial charge < -0.3 is 15.0 Å². The van der Waals surface area contributed by atoms with E-state index in [1.165, 1.54) is 19.4 Å². The monoisotopic (exact) mass is 242 g/mol. The van der Waals surface area contributed by atoms with E-state index in [-0.39, 0.29) is 0 Å². The Labute approximate surface area is 107 Å². The fourth-order valence-corrected chi connectivity index (χ4v) is 2.18. The van der Waals surface area contributed by atoms with Crippen molar-refractivity contribution in [3.8, 4) is 0 Å². The third kappa shape index (κ3) is 6.39. The van der Waals surface area contributed by atoms with Crippen LogP contribution in [0.1, 0.15) is 33.6 Å². The first-order valence-corrected chi connectivity index (χ1v) is 7.09. The summed E-state index contributed by atoms with van der Waals surface area (Å²) in [5, 5.41) is 3.58. The molecule has 1 saturated heterocycles. The molecule has 0 radical (unpaired) electrons. The van der Waals surface area contributed by atoms with Crippen LogP contribution in [0.2, 0.25) is 0 Å². The van der Waals surface area contributed by atoms with E-state index < -0.39 is 0 Å². The van der Waals surface area contributed by atoms with E-state index in [9.17, 15) is 0 Å². The molecule has 0 aliphatic carbocycles. The van der Waals surface area contributed by atoms with Gasteiger partial charge in [0.05, 0.1) is 0 Å². The molecule has 0 aromatic carbocycles. The molecule has 1 N–H and O–H groups in total. The first-order valence-electron chi connectivity index (χ1n) is 7.09. The molecule has 0 bridgehead atoms. The van der Waals surface area contributed by atoms with Crippen LogP contribution in [0.5, 0.6) is 0 Å². The summed E-state index contributed by atoms with van der Waals surface area (Å²) in [6.07, 6.45) is 2.47. The number of hydrogen-bond acceptors (Lipinski definition) is 3. The number of nitrogens with one attached hydrogen (secondary N) is 1. The van der Waals surface area contributed by atoms with Crippen molar-refractivity contribution in [2.24, 2.45) is 11.8 Å². The zero-order chi connectivity index (χ0) is 12.7. The molecule has 1 unspecified atom stereocenters. The lowest BCUT2D eigenvalue weighted by molar-refractivity contribution is 0.0557. The number of nitrogens with zero attached hydrogens (tertiary/aromatic N) is 1. The Kier molecular flexibility index (Phi) is 7.09. The molecule has 1 aliphatic heterocycles. The molecule has 1 fully saturated rings. The van der Waals surface area contributed by atoms with Gasteiger partial charge in [-0.25, -0.2) is 0 Å². The van der Waals surface area contributed by atoms with Crippen LogP contribution in [0.25, 0.3) is 0 Å². The fraction of sp³-hybridized carbons (Fsp3) is 1.00. The van der Waals surface area contributed by atoms with Gasteiger partial charge in [-0.05, 0) is 38.6 Å². The lowest BCUT2D eigenvalue weighted by atomic mass is 10.00. The van der Waals surface area contributed by atoms with Gasteiger partial charge in [-0.1, -0.05) is 13.8 Å². The first-order chi connectivity index (χ1) is 8.09. The first kappa shape index (κ1) is 14.9. The van der Waals surface area contributed by atoms with E-state index >= 15 is 0 Å². The van der Waals surface area contributed by atoms with Crippen LogP contribution in [-0.2, 0) is 4.74 Å². The van der Waals surface area contributed by atoms with Gasteiger partial charge in [0.2, 0.25) is 0 Å². The highest BCUT2D eigenvalue weighted by atomic mass is 16.5. The van der Waals surface area contributed by atoms with Crippen molar-refractivity contribution in [2.75, 3.05) is 39.9 Å². The number of ether oxygens (including phenoxy) is 1. The highest BCUT2D eigenvalue weighted by Crippen LogP contribution is 2.15. The normalized spacial score (nSPS) is 20.1. The summed E-state index contributed by atoms with van der Waals surface area (Å²) in [7, 11) is 2.23. The van der Waals surface area contributed by atoms with Crippen molar-refractivity contribution in [2.45, 2.75) is 39.7 Å². The Morgan fingerprint density at radius 2 is 1.88 bits per heavy atom. The standard InChI is InChI=1S/C14H30N2O/c1-12(2)13(3)15-7-8-16(4)11-14-5-9-17-10-6-14/h12-15H,5-11H2,1-4H3. The molecule has 0 spiro atoms. The molecule has 1 atom stereocenters. The zero-order valence-corrected chi connectivity index (χ0v) is 12.0. The molecule has 0 amide bonds. The Morgan fingerprint density at radius 3 is 2.47 bits per heavy atom. The minimum Gasteiger partial charge on any atom is -0.381 e. The molecule has 0 aromatic heterocycles. The van der Waals surface area contributed by atoms with Crippen molar-refractivity contribution in [1.29, 1.82) is 0 Å². The Morgan fingerprint density at radius 1 is 1.24 bits per heavy atom. The second-order valence-electron chi connectivity index (χ2n) is 5.80. The molecular weight excluding hydrogens is 212 g/mol. The van der Waals surface area contributed by atoms with Gasteiger partial charge in [-0.3, -0.25) is 0 Å². The van der Waals surface area contributed by atoms with Gasteiger partial charge >= 0.3 is 0 Å². The summed E-state index contributed by atoms with van der Waals surface area (Å²) in [5.74, 6) is 1.56. The van der Waals surface area contributed by atoms with Crippen LogP contribution in [0.15, 0.2) is 0 Å². The second-order valence-corrected chi connectivity index (χ2v) is 5.80. The van der Waals surface area contributed by atoms with Gasteiger partial charge in [-0.2, -0.15) is 0 Å². The molecule has 1 heterocycles. The second kappa shape index (κ2) is 8.06. The highest BCUT2D eigenvalue weighted by molar-refractivity contribution is 4.69. The number of hydrogen-bond donors (Lipinski definition) is 1. The maximum atomic E-state index is 5.39. The minimum atomic E-state index is 0.617.